The van der Waals surface area contributed by atoms with E-state index in [0.717, 1.165) is 41.7 Å². The van der Waals surface area contributed by atoms with E-state index in [0.29, 0.717) is 24.4 Å². The molecule has 0 spiro atoms. The van der Waals surface area contributed by atoms with Gasteiger partial charge in [-0.3, -0.25) is 0 Å². The Balaban J connectivity index is 2.40. The van der Waals surface area contributed by atoms with Crippen LogP contribution in [0.15, 0.2) is 18.7 Å². The number of rotatable bonds is 8. The third-order valence-corrected chi connectivity index (χ3v) is 3.73. The molecular formula is C17H26N4O. The Morgan fingerprint density at radius 3 is 2.82 bits per heavy atom. The molecule has 5 heteroatoms. The molecule has 2 rings (SSSR count). The average Bonchev–Trinajstić information content (AvgIpc) is 2.86. The number of hydrogen-bond donors (Lipinski definition) is 2. The Labute approximate surface area is 132 Å². The van der Waals surface area contributed by atoms with E-state index in [4.69, 9.17) is 10.5 Å². The molecule has 22 heavy (non-hydrogen) atoms. The van der Waals surface area contributed by atoms with Gasteiger partial charge in [0, 0.05) is 24.1 Å². The fourth-order valence-electron chi connectivity index (χ4n) is 2.72. The smallest absolute Gasteiger partial charge is 0.222 e. The fraction of sp³-hybridized carbons (Fsp3) is 0.529. The van der Waals surface area contributed by atoms with Crippen molar-refractivity contribution in [2.24, 2.45) is 5.92 Å². The van der Waals surface area contributed by atoms with Crippen LogP contribution in [-0.4, -0.2) is 28.7 Å². The summed E-state index contributed by atoms with van der Waals surface area (Å²) in [4.78, 5) is 12.2. The van der Waals surface area contributed by atoms with Crippen LogP contribution in [0, 0.1) is 5.92 Å². The van der Waals surface area contributed by atoms with E-state index < -0.39 is 0 Å². The highest BCUT2D eigenvalue weighted by atomic mass is 16.5. The summed E-state index contributed by atoms with van der Waals surface area (Å²) in [6.45, 7) is 8.82. The first-order chi connectivity index (χ1) is 10.5. The maximum Gasteiger partial charge on any atom is 0.222 e. The highest BCUT2D eigenvalue weighted by molar-refractivity contribution is 5.80. The molecule has 120 valence electrons. The summed E-state index contributed by atoms with van der Waals surface area (Å²) in [5.74, 6) is 1.14. The van der Waals surface area contributed by atoms with Crippen molar-refractivity contribution in [3.05, 3.63) is 30.1 Å². The van der Waals surface area contributed by atoms with Gasteiger partial charge in [-0.2, -0.15) is 4.98 Å². The Morgan fingerprint density at radius 2 is 2.18 bits per heavy atom. The maximum absolute atomic E-state index is 5.84. The van der Waals surface area contributed by atoms with Gasteiger partial charge in [-0.25, -0.2) is 4.98 Å². The first-order valence-corrected chi connectivity index (χ1v) is 7.80. The predicted octanol–water partition coefficient (Wildman–Crippen LogP) is 3.43. The lowest BCUT2D eigenvalue weighted by molar-refractivity contribution is 0.175. The number of hydrogen-bond acceptors (Lipinski definition) is 4. The van der Waals surface area contributed by atoms with Crippen LogP contribution in [0.1, 0.15) is 44.0 Å². The van der Waals surface area contributed by atoms with Crippen LogP contribution >= 0.6 is 0 Å². The highest BCUT2D eigenvalue weighted by Gasteiger charge is 2.17. The number of aromatic amines is 1. The number of allylic oxidation sites excluding steroid dienone is 1. The summed E-state index contributed by atoms with van der Waals surface area (Å²) < 4.78 is 5.35. The Kier molecular flexibility index (Phi) is 5.55. The van der Waals surface area contributed by atoms with Gasteiger partial charge in [-0.05, 0) is 31.2 Å². The van der Waals surface area contributed by atoms with Crippen molar-refractivity contribution in [1.29, 1.82) is 0 Å². The number of nitrogens with one attached hydrogen (secondary N) is 1. The summed E-state index contributed by atoms with van der Waals surface area (Å²) in [6.07, 6.45) is 4.78. The SMILES string of the molecule is C=CCCC(COC)c1cc2c(CC(C)C)nc(N)nc2[nH]1. The minimum absolute atomic E-state index is 0.297. The lowest BCUT2D eigenvalue weighted by atomic mass is 9.99. The first-order valence-electron chi connectivity index (χ1n) is 7.80. The van der Waals surface area contributed by atoms with E-state index in [1.807, 2.05) is 6.08 Å². The summed E-state index contributed by atoms with van der Waals surface area (Å²) in [6, 6.07) is 2.15. The standard InChI is InChI=1S/C17H26N4O/c1-5-6-7-12(10-22-4)14-9-13-15(8-11(2)3)20-17(18)21-16(13)19-14/h5,9,11-12H,1,6-8,10H2,2-4H3,(H3,18,19,20,21). The first kappa shape index (κ1) is 16.5. The summed E-state index contributed by atoms with van der Waals surface area (Å²) in [5, 5.41) is 1.07. The van der Waals surface area contributed by atoms with Crippen molar-refractivity contribution >= 4 is 17.0 Å². The quantitative estimate of drug-likeness (QED) is 0.732. The molecule has 1 atom stereocenters. The van der Waals surface area contributed by atoms with E-state index >= 15 is 0 Å². The zero-order chi connectivity index (χ0) is 16.1. The molecule has 5 nitrogen and oxygen atoms in total. The summed E-state index contributed by atoms with van der Waals surface area (Å²) in [5.41, 5.74) is 8.80. The average molecular weight is 302 g/mol. The molecule has 0 aliphatic carbocycles. The van der Waals surface area contributed by atoms with Crippen molar-refractivity contribution in [2.45, 2.75) is 39.0 Å². The Hall–Kier alpha value is -1.88. The van der Waals surface area contributed by atoms with E-state index in [1.165, 1.54) is 0 Å². The lowest BCUT2D eigenvalue weighted by Gasteiger charge is -2.13. The fourth-order valence-corrected chi connectivity index (χ4v) is 2.72. The second kappa shape index (κ2) is 7.40. The molecule has 0 saturated heterocycles. The van der Waals surface area contributed by atoms with Crippen LogP contribution < -0.4 is 5.73 Å². The van der Waals surface area contributed by atoms with E-state index in [9.17, 15) is 0 Å². The minimum atomic E-state index is 0.297. The molecule has 2 heterocycles. The molecule has 2 aromatic heterocycles. The molecule has 2 aromatic rings. The normalized spacial score (nSPS) is 12.9. The molecule has 1 unspecified atom stereocenters. The number of methoxy groups -OCH3 is 1. The summed E-state index contributed by atoms with van der Waals surface area (Å²) >= 11 is 0. The zero-order valence-electron chi connectivity index (χ0n) is 13.7. The van der Waals surface area contributed by atoms with Crippen LogP contribution in [0.4, 0.5) is 5.95 Å². The van der Waals surface area contributed by atoms with Crippen molar-refractivity contribution in [1.82, 2.24) is 15.0 Å². The predicted molar refractivity (Wildman–Crippen MR) is 90.9 cm³/mol. The number of anilines is 1. The molecular weight excluding hydrogens is 276 g/mol. The number of aromatic nitrogens is 3. The van der Waals surface area contributed by atoms with E-state index in [2.05, 4.69) is 41.4 Å². The molecule has 0 aliphatic heterocycles. The van der Waals surface area contributed by atoms with Gasteiger partial charge in [0.15, 0.2) is 0 Å². The molecule has 0 aromatic carbocycles. The van der Waals surface area contributed by atoms with Crippen molar-refractivity contribution < 1.29 is 4.74 Å². The maximum atomic E-state index is 5.84. The number of H-pyrrole nitrogens is 1. The molecule has 0 amide bonds. The van der Waals surface area contributed by atoms with E-state index in [1.54, 1.807) is 7.11 Å². The van der Waals surface area contributed by atoms with Gasteiger partial charge < -0.3 is 15.5 Å². The van der Waals surface area contributed by atoms with Crippen LogP contribution in [0.25, 0.3) is 11.0 Å². The van der Waals surface area contributed by atoms with Crippen molar-refractivity contribution in [3.8, 4) is 0 Å². The van der Waals surface area contributed by atoms with Gasteiger partial charge in [0.1, 0.15) is 5.65 Å². The zero-order valence-corrected chi connectivity index (χ0v) is 13.7. The lowest BCUT2D eigenvalue weighted by Crippen LogP contribution is -2.06. The topological polar surface area (TPSA) is 76.8 Å². The number of nitrogens with two attached hydrogens (primary N) is 1. The van der Waals surface area contributed by atoms with Gasteiger partial charge in [0.05, 0.1) is 12.3 Å². The van der Waals surface area contributed by atoms with Crippen LogP contribution in [0.3, 0.4) is 0 Å². The highest BCUT2D eigenvalue weighted by Crippen LogP contribution is 2.27. The van der Waals surface area contributed by atoms with Gasteiger partial charge in [-0.1, -0.05) is 19.9 Å². The van der Waals surface area contributed by atoms with E-state index in [-0.39, 0.29) is 0 Å². The third-order valence-electron chi connectivity index (χ3n) is 3.73. The number of nitrogen functional groups attached to an aromatic ring is 1. The van der Waals surface area contributed by atoms with Gasteiger partial charge in [-0.15, -0.1) is 6.58 Å². The minimum Gasteiger partial charge on any atom is -0.384 e. The third kappa shape index (κ3) is 3.85. The number of fused-ring (bicyclic) bond motifs is 1. The summed E-state index contributed by atoms with van der Waals surface area (Å²) in [7, 11) is 1.73. The molecule has 0 radical (unpaired) electrons. The molecule has 0 fully saturated rings. The number of ether oxygens (including phenoxy) is 1. The van der Waals surface area contributed by atoms with Gasteiger partial charge >= 0.3 is 0 Å². The Morgan fingerprint density at radius 1 is 1.41 bits per heavy atom. The van der Waals surface area contributed by atoms with Crippen LogP contribution in [0.5, 0.6) is 0 Å². The van der Waals surface area contributed by atoms with Crippen molar-refractivity contribution in [2.75, 3.05) is 19.5 Å². The van der Waals surface area contributed by atoms with Gasteiger partial charge in [0.25, 0.3) is 0 Å². The van der Waals surface area contributed by atoms with Crippen LogP contribution in [0.2, 0.25) is 0 Å². The Bertz CT molecular complexity index is 633. The molecule has 3 N–H and O–H groups in total. The second-order valence-corrected chi connectivity index (χ2v) is 6.13. The van der Waals surface area contributed by atoms with Crippen LogP contribution in [-0.2, 0) is 11.2 Å². The molecule has 0 bridgehead atoms. The molecule has 0 aliphatic rings. The monoisotopic (exact) mass is 302 g/mol. The molecule has 0 saturated carbocycles. The van der Waals surface area contributed by atoms with Crippen molar-refractivity contribution in [3.63, 3.8) is 0 Å². The largest absolute Gasteiger partial charge is 0.384 e. The van der Waals surface area contributed by atoms with Gasteiger partial charge in [0.2, 0.25) is 5.95 Å². The number of nitrogens with zero attached hydrogens (tertiary/aromatic N) is 2. The second-order valence-electron chi connectivity index (χ2n) is 6.13.